The minimum Gasteiger partial charge on any atom is -0.508 e. The molecule has 3 nitrogen and oxygen atoms in total. The second-order valence-electron chi connectivity index (χ2n) is 5.83. The minimum atomic E-state index is 0.391. The van der Waals surface area contributed by atoms with Crippen LogP contribution in [0.1, 0.15) is 29.2 Å². The number of rotatable bonds is 1. The predicted octanol–water partition coefficient (Wildman–Crippen LogP) is 3.27. The summed E-state index contributed by atoms with van der Waals surface area (Å²) in [4.78, 5) is 2.48. The van der Waals surface area contributed by atoms with E-state index in [-0.39, 0.29) is 0 Å². The van der Waals surface area contributed by atoms with Crippen molar-refractivity contribution in [2.75, 3.05) is 13.2 Å². The van der Waals surface area contributed by atoms with E-state index in [1.165, 1.54) is 11.1 Å². The monoisotopic (exact) mass is 281 g/mol. The van der Waals surface area contributed by atoms with Crippen molar-refractivity contribution in [2.45, 2.75) is 25.4 Å². The van der Waals surface area contributed by atoms with Gasteiger partial charge in [0, 0.05) is 24.7 Å². The lowest BCUT2D eigenvalue weighted by Crippen LogP contribution is -2.29. The highest BCUT2D eigenvalue weighted by Crippen LogP contribution is 2.41. The van der Waals surface area contributed by atoms with Crippen LogP contribution in [0, 0.1) is 0 Å². The number of aromatic hydroxyl groups is 1. The third kappa shape index (κ3) is 2.18. The summed E-state index contributed by atoms with van der Waals surface area (Å²) in [5.74, 6) is 1.45. The molecule has 1 unspecified atom stereocenters. The van der Waals surface area contributed by atoms with E-state index in [9.17, 15) is 5.11 Å². The molecule has 1 atom stereocenters. The number of ether oxygens (including phenoxy) is 1. The first-order valence-electron chi connectivity index (χ1n) is 7.58. The average Bonchev–Trinajstić information content (AvgIpc) is 2.82. The van der Waals surface area contributed by atoms with Crippen molar-refractivity contribution in [1.29, 1.82) is 0 Å². The van der Waals surface area contributed by atoms with Gasteiger partial charge in [-0.1, -0.05) is 30.3 Å². The topological polar surface area (TPSA) is 32.7 Å². The molecule has 2 aromatic carbocycles. The molecule has 1 aliphatic carbocycles. The van der Waals surface area contributed by atoms with Crippen LogP contribution in [0.3, 0.4) is 0 Å². The van der Waals surface area contributed by atoms with Crippen LogP contribution in [-0.4, -0.2) is 23.2 Å². The van der Waals surface area contributed by atoms with Crippen LogP contribution >= 0.6 is 0 Å². The van der Waals surface area contributed by atoms with Crippen molar-refractivity contribution in [3.8, 4) is 11.5 Å². The molecule has 1 N–H and O–H groups in total. The van der Waals surface area contributed by atoms with E-state index in [4.69, 9.17) is 4.74 Å². The Labute approximate surface area is 124 Å². The number of benzene rings is 2. The van der Waals surface area contributed by atoms with Crippen LogP contribution < -0.4 is 4.74 Å². The number of hydrogen-bond acceptors (Lipinski definition) is 3. The summed E-state index contributed by atoms with van der Waals surface area (Å²) < 4.78 is 5.86. The highest BCUT2D eigenvalue weighted by molar-refractivity contribution is 5.44. The van der Waals surface area contributed by atoms with Gasteiger partial charge in [-0.05, 0) is 36.1 Å². The first-order valence-corrected chi connectivity index (χ1v) is 7.58. The standard InChI is InChI=1S/C18H19NO2/c20-17-6-3-5-14-15(17)8-9-16(14)19-10-11-21-18-7-2-1-4-13(18)12-19/h1-7,16,20H,8-12H2. The fourth-order valence-corrected chi connectivity index (χ4v) is 3.60. The molecule has 0 bridgehead atoms. The maximum atomic E-state index is 10.0. The zero-order valence-corrected chi connectivity index (χ0v) is 12.0. The lowest BCUT2D eigenvalue weighted by Gasteiger charge is -2.27. The summed E-state index contributed by atoms with van der Waals surface area (Å²) in [6, 6.07) is 14.6. The molecule has 0 aromatic heterocycles. The highest BCUT2D eigenvalue weighted by atomic mass is 16.5. The van der Waals surface area contributed by atoms with Gasteiger partial charge < -0.3 is 9.84 Å². The van der Waals surface area contributed by atoms with E-state index in [1.54, 1.807) is 6.07 Å². The zero-order chi connectivity index (χ0) is 14.2. The summed E-state index contributed by atoms with van der Waals surface area (Å²) in [7, 11) is 0. The SMILES string of the molecule is Oc1cccc2c1CCC2N1CCOc2ccccc2C1. The fraction of sp³-hybridized carbons (Fsp3) is 0.333. The van der Waals surface area contributed by atoms with Crippen molar-refractivity contribution < 1.29 is 9.84 Å². The van der Waals surface area contributed by atoms with Gasteiger partial charge in [-0.3, -0.25) is 4.90 Å². The zero-order valence-electron chi connectivity index (χ0n) is 12.0. The number of hydrogen-bond donors (Lipinski definition) is 1. The van der Waals surface area contributed by atoms with Gasteiger partial charge in [0.2, 0.25) is 0 Å². The van der Waals surface area contributed by atoms with Crippen molar-refractivity contribution in [3.05, 3.63) is 59.2 Å². The van der Waals surface area contributed by atoms with E-state index >= 15 is 0 Å². The molecular weight excluding hydrogens is 262 g/mol. The average molecular weight is 281 g/mol. The molecule has 0 spiro atoms. The largest absolute Gasteiger partial charge is 0.508 e. The van der Waals surface area contributed by atoms with Crippen molar-refractivity contribution in [3.63, 3.8) is 0 Å². The van der Waals surface area contributed by atoms with E-state index in [0.717, 1.165) is 43.9 Å². The van der Waals surface area contributed by atoms with Crippen LogP contribution in [0.25, 0.3) is 0 Å². The van der Waals surface area contributed by atoms with E-state index in [0.29, 0.717) is 11.8 Å². The number of para-hydroxylation sites is 1. The molecule has 1 heterocycles. The molecular formula is C18H19NO2. The molecule has 1 aliphatic heterocycles. The van der Waals surface area contributed by atoms with Gasteiger partial charge in [0.05, 0.1) is 0 Å². The van der Waals surface area contributed by atoms with Gasteiger partial charge in [0.25, 0.3) is 0 Å². The van der Waals surface area contributed by atoms with Gasteiger partial charge >= 0.3 is 0 Å². The Morgan fingerprint density at radius 2 is 2.00 bits per heavy atom. The molecule has 108 valence electrons. The van der Waals surface area contributed by atoms with Crippen molar-refractivity contribution in [2.24, 2.45) is 0 Å². The van der Waals surface area contributed by atoms with E-state index < -0.39 is 0 Å². The molecule has 0 radical (unpaired) electrons. The van der Waals surface area contributed by atoms with Gasteiger partial charge in [-0.25, -0.2) is 0 Å². The van der Waals surface area contributed by atoms with Gasteiger partial charge in [-0.2, -0.15) is 0 Å². The maximum absolute atomic E-state index is 10.0. The molecule has 2 aliphatic rings. The quantitative estimate of drug-likeness (QED) is 0.870. The number of nitrogens with zero attached hydrogens (tertiary/aromatic N) is 1. The Balaban J connectivity index is 1.66. The summed E-state index contributed by atoms with van der Waals surface area (Å²) in [5.41, 5.74) is 3.67. The van der Waals surface area contributed by atoms with Crippen LogP contribution in [0.2, 0.25) is 0 Å². The Kier molecular flexibility index (Phi) is 3.08. The Morgan fingerprint density at radius 1 is 1.10 bits per heavy atom. The van der Waals surface area contributed by atoms with Crippen LogP contribution in [0.15, 0.2) is 42.5 Å². The first kappa shape index (κ1) is 12.7. The lowest BCUT2D eigenvalue weighted by molar-refractivity contribution is 0.169. The fourth-order valence-electron chi connectivity index (χ4n) is 3.60. The number of phenolic OH excluding ortho intramolecular Hbond substituents is 1. The van der Waals surface area contributed by atoms with Gasteiger partial charge in [0.1, 0.15) is 18.1 Å². The van der Waals surface area contributed by atoms with Gasteiger partial charge in [-0.15, -0.1) is 0 Å². The molecule has 2 aromatic rings. The third-order valence-electron chi connectivity index (χ3n) is 4.64. The maximum Gasteiger partial charge on any atom is 0.123 e. The second-order valence-corrected chi connectivity index (χ2v) is 5.83. The van der Waals surface area contributed by atoms with E-state index in [2.05, 4.69) is 23.1 Å². The van der Waals surface area contributed by atoms with Crippen LogP contribution in [0.4, 0.5) is 0 Å². The minimum absolute atomic E-state index is 0.391. The molecule has 21 heavy (non-hydrogen) atoms. The van der Waals surface area contributed by atoms with E-state index in [1.807, 2.05) is 18.2 Å². The Hall–Kier alpha value is -2.00. The van der Waals surface area contributed by atoms with Crippen molar-refractivity contribution in [1.82, 2.24) is 4.90 Å². The second kappa shape index (κ2) is 5.08. The summed E-state index contributed by atoms with van der Waals surface area (Å²) >= 11 is 0. The predicted molar refractivity (Wildman–Crippen MR) is 81.5 cm³/mol. The number of phenols is 1. The molecule has 4 rings (SSSR count). The lowest BCUT2D eigenvalue weighted by atomic mass is 10.1. The third-order valence-corrected chi connectivity index (χ3v) is 4.64. The normalized spacial score (nSPS) is 21.2. The molecule has 0 saturated heterocycles. The summed E-state index contributed by atoms with van der Waals surface area (Å²) in [5, 5.41) is 10.0. The molecule has 0 saturated carbocycles. The van der Waals surface area contributed by atoms with Crippen LogP contribution in [0.5, 0.6) is 11.5 Å². The smallest absolute Gasteiger partial charge is 0.123 e. The number of fused-ring (bicyclic) bond motifs is 2. The summed E-state index contributed by atoms with van der Waals surface area (Å²) in [6.07, 6.45) is 2.04. The highest BCUT2D eigenvalue weighted by Gasteiger charge is 2.30. The van der Waals surface area contributed by atoms with Crippen LogP contribution in [-0.2, 0) is 13.0 Å². The molecule has 0 fully saturated rings. The first-order chi connectivity index (χ1) is 10.3. The molecule has 0 amide bonds. The Bertz CT molecular complexity index is 668. The van der Waals surface area contributed by atoms with Crippen molar-refractivity contribution >= 4 is 0 Å². The van der Waals surface area contributed by atoms with Gasteiger partial charge in [0.15, 0.2) is 0 Å². The molecule has 3 heteroatoms. The summed E-state index contributed by atoms with van der Waals surface area (Å²) in [6.45, 7) is 2.56. The Morgan fingerprint density at radius 3 is 2.95 bits per heavy atom.